The highest BCUT2D eigenvalue weighted by molar-refractivity contribution is 9.10. The number of anilines is 1. The van der Waals surface area contributed by atoms with Crippen LogP contribution >= 0.6 is 15.9 Å². The lowest BCUT2D eigenvalue weighted by Crippen LogP contribution is -2.37. The maximum atomic E-state index is 12.5. The van der Waals surface area contributed by atoms with Crippen molar-refractivity contribution >= 4 is 31.6 Å². The van der Waals surface area contributed by atoms with Gasteiger partial charge >= 0.3 is 0 Å². The van der Waals surface area contributed by atoms with Gasteiger partial charge in [0.2, 0.25) is 10.0 Å². The third-order valence-electron chi connectivity index (χ3n) is 2.60. The van der Waals surface area contributed by atoms with Gasteiger partial charge < -0.3 is 10.8 Å². The molecule has 5 nitrogen and oxygen atoms in total. The first-order valence-corrected chi connectivity index (χ1v) is 7.88. The van der Waals surface area contributed by atoms with Gasteiger partial charge in [0.25, 0.3) is 6.43 Å². The Balaban J connectivity index is 3.29. The molecule has 0 bridgehead atoms. The Hall–Kier alpha value is -0.770. The molecule has 3 N–H and O–H groups in total. The fourth-order valence-electron chi connectivity index (χ4n) is 1.66. The van der Waals surface area contributed by atoms with Gasteiger partial charge in [0.15, 0.2) is 0 Å². The van der Waals surface area contributed by atoms with Crippen molar-refractivity contribution in [2.24, 2.45) is 0 Å². The summed E-state index contributed by atoms with van der Waals surface area (Å²) in [5, 5.41) is 8.84. The molecule has 0 aliphatic rings. The van der Waals surface area contributed by atoms with E-state index in [1.54, 1.807) is 0 Å². The molecule has 0 aromatic heterocycles. The van der Waals surface area contributed by atoms with Gasteiger partial charge in [-0.25, -0.2) is 17.2 Å². The number of nitrogens with zero attached hydrogens (tertiary/aromatic N) is 1. The number of aliphatic hydroxyl groups excluding tert-OH is 1. The topological polar surface area (TPSA) is 83.6 Å². The molecule has 9 heteroatoms. The van der Waals surface area contributed by atoms with Crippen LogP contribution in [0.15, 0.2) is 21.5 Å². The minimum absolute atomic E-state index is 0.146. The second-order valence-electron chi connectivity index (χ2n) is 4.12. The number of hydrogen-bond acceptors (Lipinski definition) is 4. The van der Waals surface area contributed by atoms with E-state index in [1.165, 1.54) is 19.1 Å². The normalized spacial score (nSPS) is 12.3. The van der Waals surface area contributed by atoms with Crippen molar-refractivity contribution in [3.05, 3.63) is 22.2 Å². The monoisotopic (exact) mass is 372 g/mol. The van der Waals surface area contributed by atoms with Gasteiger partial charge in [-0.15, -0.1) is 0 Å². The lowest BCUT2D eigenvalue weighted by molar-refractivity contribution is 0.113. The van der Waals surface area contributed by atoms with E-state index in [1.807, 2.05) is 0 Å². The zero-order valence-corrected chi connectivity index (χ0v) is 13.1. The summed E-state index contributed by atoms with van der Waals surface area (Å²) >= 11 is 3.16. The summed E-state index contributed by atoms with van der Waals surface area (Å²) in [6, 6.07) is 2.71. The van der Waals surface area contributed by atoms with E-state index < -0.39 is 36.1 Å². The minimum atomic E-state index is -4.14. The summed E-state index contributed by atoms with van der Waals surface area (Å²) in [6.45, 7) is -0.381. The summed E-state index contributed by atoms with van der Waals surface area (Å²) in [7, 11) is -4.14. The zero-order valence-electron chi connectivity index (χ0n) is 10.7. The first-order chi connectivity index (χ1) is 9.20. The molecule has 0 aliphatic carbocycles. The van der Waals surface area contributed by atoms with E-state index in [2.05, 4.69) is 15.9 Å². The summed E-state index contributed by atoms with van der Waals surface area (Å²) in [5.41, 5.74) is 6.20. The fraction of sp³-hybridized carbons (Fsp3) is 0.455. The number of aryl methyl sites for hydroxylation is 1. The molecule has 0 spiro atoms. The van der Waals surface area contributed by atoms with Gasteiger partial charge in [-0.3, -0.25) is 0 Å². The number of halogens is 3. The number of benzene rings is 1. The van der Waals surface area contributed by atoms with Gasteiger partial charge in [0, 0.05) is 16.7 Å². The Morgan fingerprint density at radius 1 is 1.45 bits per heavy atom. The SMILES string of the molecule is Cc1cc(Br)c(N)cc1S(=O)(=O)N(CCO)CC(F)F. The van der Waals surface area contributed by atoms with E-state index in [9.17, 15) is 17.2 Å². The number of sulfonamides is 1. The second-order valence-corrected chi connectivity index (χ2v) is 6.88. The molecule has 0 unspecified atom stereocenters. The van der Waals surface area contributed by atoms with Crippen LogP contribution in [-0.2, 0) is 10.0 Å². The van der Waals surface area contributed by atoms with Crippen LogP contribution in [0.3, 0.4) is 0 Å². The molecule has 0 aliphatic heterocycles. The molecule has 0 saturated heterocycles. The highest BCUT2D eigenvalue weighted by Gasteiger charge is 2.28. The third kappa shape index (κ3) is 3.87. The van der Waals surface area contributed by atoms with Crippen LogP contribution in [0, 0.1) is 6.92 Å². The average molecular weight is 373 g/mol. The molecule has 20 heavy (non-hydrogen) atoms. The van der Waals surface area contributed by atoms with Gasteiger partial charge in [-0.05, 0) is 40.5 Å². The number of nitrogens with two attached hydrogens (primary N) is 1. The van der Waals surface area contributed by atoms with Crippen molar-refractivity contribution in [2.75, 3.05) is 25.4 Å². The number of hydrogen-bond donors (Lipinski definition) is 2. The Morgan fingerprint density at radius 3 is 2.55 bits per heavy atom. The van der Waals surface area contributed by atoms with E-state index in [-0.39, 0.29) is 10.6 Å². The molecule has 0 heterocycles. The zero-order chi connectivity index (χ0) is 15.5. The van der Waals surface area contributed by atoms with Crippen molar-refractivity contribution in [2.45, 2.75) is 18.2 Å². The summed E-state index contributed by atoms with van der Waals surface area (Å²) in [6.07, 6.45) is -2.83. The lowest BCUT2D eigenvalue weighted by Gasteiger charge is -2.22. The van der Waals surface area contributed by atoms with Gasteiger partial charge in [-0.1, -0.05) is 0 Å². The average Bonchev–Trinajstić information content (AvgIpc) is 2.32. The number of nitrogen functional groups attached to an aromatic ring is 1. The Bertz CT molecular complexity index is 581. The first kappa shape index (κ1) is 17.3. The summed E-state index contributed by atoms with van der Waals surface area (Å²) in [5.74, 6) is 0. The summed E-state index contributed by atoms with van der Waals surface area (Å²) < 4.78 is 50.7. The standard InChI is InChI=1S/C11H15BrF2N2O3S/c1-7-4-8(12)9(15)5-10(7)20(18,19)16(2-3-17)6-11(13)14/h4-5,11,17H,2-3,6,15H2,1H3. The van der Waals surface area contributed by atoms with E-state index >= 15 is 0 Å². The molecule has 114 valence electrons. The van der Waals surface area contributed by atoms with E-state index in [4.69, 9.17) is 10.8 Å². The van der Waals surface area contributed by atoms with Crippen LogP contribution < -0.4 is 5.73 Å². The highest BCUT2D eigenvalue weighted by atomic mass is 79.9. The molecule has 0 saturated carbocycles. The van der Waals surface area contributed by atoms with Gasteiger partial charge in [-0.2, -0.15) is 4.31 Å². The molecule has 0 amide bonds. The quantitative estimate of drug-likeness (QED) is 0.742. The van der Waals surface area contributed by atoms with Crippen LogP contribution in [0.1, 0.15) is 5.56 Å². The minimum Gasteiger partial charge on any atom is -0.398 e. The fourth-order valence-corrected chi connectivity index (χ4v) is 3.77. The largest absolute Gasteiger partial charge is 0.398 e. The molecular weight excluding hydrogens is 358 g/mol. The number of alkyl halides is 2. The van der Waals surface area contributed by atoms with Crippen LogP contribution in [0.4, 0.5) is 14.5 Å². The Labute approximate surface area is 124 Å². The molecule has 0 fully saturated rings. The molecular formula is C11H15BrF2N2O3S. The van der Waals surface area contributed by atoms with Crippen molar-refractivity contribution in [1.82, 2.24) is 4.31 Å². The predicted molar refractivity (Wildman–Crippen MR) is 75.1 cm³/mol. The molecule has 1 aromatic carbocycles. The first-order valence-electron chi connectivity index (χ1n) is 5.65. The van der Waals surface area contributed by atoms with E-state index in [0.717, 1.165) is 0 Å². The maximum Gasteiger partial charge on any atom is 0.252 e. The van der Waals surface area contributed by atoms with Crippen molar-refractivity contribution in [3.8, 4) is 0 Å². The number of aliphatic hydroxyl groups is 1. The van der Waals surface area contributed by atoms with Crippen molar-refractivity contribution < 1.29 is 22.3 Å². The predicted octanol–water partition coefficient (Wildman–Crippen LogP) is 1.59. The Kier molecular flexibility index (Phi) is 5.87. The van der Waals surface area contributed by atoms with Gasteiger partial charge in [0.1, 0.15) is 0 Å². The van der Waals surface area contributed by atoms with E-state index in [0.29, 0.717) is 14.3 Å². The van der Waals surface area contributed by atoms with Gasteiger partial charge in [0.05, 0.1) is 18.0 Å². The Morgan fingerprint density at radius 2 is 2.05 bits per heavy atom. The lowest BCUT2D eigenvalue weighted by atomic mass is 10.2. The third-order valence-corrected chi connectivity index (χ3v) is 5.30. The molecule has 1 aromatic rings. The second kappa shape index (κ2) is 6.79. The van der Waals surface area contributed by atoms with Crippen molar-refractivity contribution in [1.29, 1.82) is 0 Å². The smallest absolute Gasteiger partial charge is 0.252 e. The van der Waals surface area contributed by atoms with Crippen LogP contribution in [0.2, 0.25) is 0 Å². The molecule has 1 rings (SSSR count). The summed E-state index contributed by atoms with van der Waals surface area (Å²) in [4.78, 5) is -0.146. The molecule has 0 radical (unpaired) electrons. The highest BCUT2D eigenvalue weighted by Crippen LogP contribution is 2.28. The molecule has 0 atom stereocenters. The maximum absolute atomic E-state index is 12.5. The van der Waals surface area contributed by atoms with Crippen LogP contribution in [0.5, 0.6) is 0 Å². The van der Waals surface area contributed by atoms with Crippen LogP contribution in [-0.4, -0.2) is 44.0 Å². The van der Waals surface area contributed by atoms with Crippen LogP contribution in [0.25, 0.3) is 0 Å². The van der Waals surface area contributed by atoms with Crippen molar-refractivity contribution in [3.63, 3.8) is 0 Å². The number of rotatable bonds is 6.